The molecule has 0 unspecified atom stereocenters. The van der Waals surface area contributed by atoms with E-state index in [1.54, 1.807) is 37.3 Å². The Hall–Kier alpha value is -1.69. The lowest BCUT2D eigenvalue weighted by Gasteiger charge is -2.24. The lowest BCUT2D eigenvalue weighted by Crippen LogP contribution is -2.36. The fourth-order valence-electron chi connectivity index (χ4n) is 2.68. The molecule has 0 saturated carbocycles. The highest BCUT2D eigenvalue weighted by Gasteiger charge is 2.28. The summed E-state index contributed by atoms with van der Waals surface area (Å²) < 4.78 is 24.7. The first-order valence-corrected chi connectivity index (χ1v) is 9.73. The van der Waals surface area contributed by atoms with Crippen molar-refractivity contribution in [1.82, 2.24) is 0 Å². The maximum Gasteiger partial charge on any atom is 0.178 e. The van der Waals surface area contributed by atoms with Crippen LogP contribution in [-0.4, -0.2) is 36.6 Å². The number of hydrogen-bond donors (Lipinski definition) is 2. The van der Waals surface area contributed by atoms with E-state index in [2.05, 4.69) is 0 Å². The van der Waals surface area contributed by atoms with E-state index in [0.29, 0.717) is 12.8 Å². The average Bonchev–Trinajstić information content (AvgIpc) is 2.60. The van der Waals surface area contributed by atoms with Gasteiger partial charge in [0.2, 0.25) is 0 Å². The van der Waals surface area contributed by atoms with Crippen LogP contribution in [0.5, 0.6) is 0 Å². The largest absolute Gasteiger partial charge is 0.390 e. The van der Waals surface area contributed by atoms with Crippen LogP contribution in [0, 0.1) is 5.92 Å². The zero-order chi connectivity index (χ0) is 17.6. The second-order valence-electron chi connectivity index (χ2n) is 6.15. The van der Waals surface area contributed by atoms with Gasteiger partial charge in [0, 0.05) is 0 Å². The van der Waals surface area contributed by atoms with Gasteiger partial charge in [0.1, 0.15) is 0 Å². The molecule has 4 nitrogen and oxygen atoms in total. The number of aliphatic hydroxyl groups excluding tert-OH is 2. The van der Waals surface area contributed by atoms with E-state index in [9.17, 15) is 18.6 Å². The van der Waals surface area contributed by atoms with Crippen LogP contribution in [-0.2, 0) is 16.3 Å². The summed E-state index contributed by atoms with van der Waals surface area (Å²) in [7, 11) is -3.48. The van der Waals surface area contributed by atoms with Crippen LogP contribution < -0.4 is 0 Å². The number of rotatable bonds is 8. The number of aryl methyl sites for hydroxylation is 1. The van der Waals surface area contributed by atoms with Gasteiger partial charge in [-0.1, -0.05) is 55.5 Å². The monoisotopic (exact) mass is 348 g/mol. The molecule has 3 atom stereocenters. The molecular formula is C19H24O4S. The minimum absolute atomic E-state index is 0.194. The van der Waals surface area contributed by atoms with Gasteiger partial charge in [0.15, 0.2) is 9.84 Å². The van der Waals surface area contributed by atoms with E-state index in [1.165, 1.54) is 0 Å². The van der Waals surface area contributed by atoms with Gasteiger partial charge in [0.05, 0.1) is 22.9 Å². The third-order valence-electron chi connectivity index (χ3n) is 4.13. The highest BCUT2D eigenvalue weighted by molar-refractivity contribution is 7.91. The van der Waals surface area contributed by atoms with E-state index in [1.807, 2.05) is 30.3 Å². The Labute approximate surface area is 143 Å². The van der Waals surface area contributed by atoms with Crippen molar-refractivity contribution in [3.8, 4) is 0 Å². The zero-order valence-corrected chi connectivity index (χ0v) is 14.6. The molecule has 0 fully saturated rings. The Morgan fingerprint density at radius 2 is 1.46 bits per heavy atom. The molecule has 5 heteroatoms. The van der Waals surface area contributed by atoms with E-state index < -0.39 is 28.0 Å². The highest BCUT2D eigenvalue weighted by atomic mass is 32.2. The molecule has 2 rings (SSSR count). The summed E-state index contributed by atoms with van der Waals surface area (Å²) in [6.07, 6.45) is -1.00. The van der Waals surface area contributed by atoms with Crippen LogP contribution in [0.4, 0.5) is 0 Å². The van der Waals surface area contributed by atoms with E-state index in [0.717, 1.165) is 5.56 Å². The van der Waals surface area contributed by atoms with Crippen LogP contribution in [0.2, 0.25) is 0 Å². The summed E-state index contributed by atoms with van der Waals surface area (Å²) >= 11 is 0. The molecule has 0 radical (unpaired) electrons. The van der Waals surface area contributed by atoms with E-state index in [4.69, 9.17) is 0 Å². The van der Waals surface area contributed by atoms with E-state index >= 15 is 0 Å². The lowest BCUT2D eigenvalue weighted by atomic mass is 9.96. The van der Waals surface area contributed by atoms with Gasteiger partial charge in [-0.15, -0.1) is 0 Å². The molecule has 0 saturated heterocycles. The third-order valence-corrected chi connectivity index (χ3v) is 6.09. The second-order valence-corrected chi connectivity index (χ2v) is 8.19. The maximum atomic E-state index is 12.4. The van der Waals surface area contributed by atoms with Crippen LogP contribution in [0.25, 0.3) is 0 Å². The van der Waals surface area contributed by atoms with Crippen molar-refractivity contribution in [1.29, 1.82) is 0 Å². The fourth-order valence-corrected chi connectivity index (χ4v) is 4.33. The summed E-state index contributed by atoms with van der Waals surface area (Å²) in [5.74, 6) is -0.749. The minimum atomic E-state index is -3.48. The Balaban J connectivity index is 1.92. The Bertz CT molecular complexity index is 714. The Morgan fingerprint density at radius 3 is 2.04 bits per heavy atom. The minimum Gasteiger partial charge on any atom is -0.390 e. The first kappa shape index (κ1) is 18.6. The quantitative estimate of drug-likeness (QED) is 0.768. The van der Waals surface area contributed by atoms with Crippen molar-refractivity contribution < 1.29 is 18.6 Å². The smallest absolute Gasteiger partial charge is 0.178 e. The van der Waals surface area contributed by atoms with Crippen molar-refractivity contribution in [2.75, 3.05) is 5.75 Å². The summed E-state index contributed by atoms with van der Waals surface area (Å²) in [5.41, 5.74) is 1.08. The summed E-state index contributed by atoms with van der Waals surface area (Å²) in [6, 6.07) is 17.9. The standard InChI is InChI=1S/C19H24O4S/c1-15(14-24(22,23)17-10-6-3-7-11-17)19(21)18(20)13-12-16-8-4-2-5-9-16/h2-11,15,18-21H,12-14H2,1H3/t15-,18-,19-/m1/s1. The third kappa shape index (κ3) is 5.16. The van der Waals surface area contributed by atoms with E-state index in [-0.39, 0.29) is 10.6 Å². The maximum absolute atomic E-state index is 12.4. The van der Waals surface area contributed by atoms with Crippen LogP contribution in [0.3, 0.4) is 0 Å². The normalized spacial score (nSPS) is 15.6. The highest BCUT2D eigenvalue weighted by Crippen LogP contribution is 2.19. The Kier molecular flexibility index (Phi) is 6.54. The average molecular weight is 348 g/mol. The molecular weight excluding hydrogens is 324 g/mol. The van der Waals surface area contributed by atoms with Crippen molar-refractivity contribution in [3.63, 3.8) is 0 Å². The molecule has 2 aromatic carbocycles. The summed E-state index contributed by atoms with van der Waals surface area (Å²) in [4.78, 5) is 0.239. The zero-order valence-electron chi connectivity index (χ0n) is 13.7. The predicted octanol–water partition coefficient (Wildman–Crippen LogP) is 2.45. The Morgan fingerprint density at radius 1 is 0.917 bits per heavy atom. The van der Waals surface area contributed by atoms with Gasteiger partial charge in [0.25, 0.3) is 0 Å². The van der Waals surface area contributed by atoms with Gasteiger partial charge in [-0.2, -0.15) is 0 Å². The molecule has 0 aliphatic heterocycles. The summed E-state index contributed by atoms with van der Waals surface area (Å²) in [5, 5.41) is 20.4. The molecule has 0 spiro atoms. The van der Waals surface area contributed by atoms with Crippen LogP contribution in [0.1, 0.15) is 18.9 Å². The van der Waals surface area contributed by atoms with Gasteiger partial charge < -0.3 is 10.2 Å². The number of sulfone groups is 1. The molecule has 2 N–H and O–H groups in total. The molecule has 2 aromatic rings. The van der Waals surface area contributed by atoms with Gasteiger partial charge in [-0.25, -0.2) is 8.42 Å². The van der Waals surface area contributed by atoms with Crippen molar-refractivity contribution in [3.05, 3.63) is 66.2 Å². The molecule has 0 aliphatic rings. The summed E-state index contributed by atoms with van der Waals surface area (Å²) in [6.45, 7) is 1.65. The van der Waals surface area contributed by atoms with Crippen molar-refractivity contribution >= 4 is 9.84 Å². The molecule has 0 aromatic heterocycles. The second kappa shape index (κ2) is 8.42. The lowest BCUT2D eigenvalue weighted by molar-refractivity contribution is -0.0110. The van der Waals surface area contributed by atoms with Crippen LogP contribution in [0.15, 0.2) is 65.6 Å². The molecule has 0 heterocycles. The van der Waals surface area contributed by atoms with Crippen molar-refractivity contribution in [2.24, 2.45) is 5.92 Å². The fraction of sp³-hybridized carbons (Fsp3) is 0.368. The number of aliphatic hydroxyl groups is 2. The number of hydrogen-bond acceptors (Lipinski definition) is 4. The van der Waals surface area contributed by atoms with Crippen molar-refractivity contribution in [2.45, 2.75) is 36.9 Å². The van der Waals surface area contributed by atoms with Gasteiger partial charge in [-0.05, 0) is 36.5 Å². The first-order valence-electron chi connectivity index (χ1n) is 8.08. The molecule has 0 aliphatic carbocycles. The first-order chi connectivity index (χ1) is 11.4. The molecule has 0 amide bonds. The molecule has 0 bridgehead atoms. The predicted molar refractivity (Wildman–Crippen MR) is 94.4 cm³/mol. The van der Waals surface area contributed by atoms with Crippen LogP contribution >= 0.6 is 0 Å². The molecule has 24 heavy (non-hydrogen) atoms. The molecule has 130 valence electrons. The van der Waals surface area contributed by atoms with Gasteiger partial charge in [-0.3, -0.25) is 0 Å². The topological polar surface area (TPSA) is 74.6 Å². The SMILES string of the molecule is C[C@H](CS(=O)(=O)c1ccccc1)[C@@H](O)[C@H](O)CCc1ccccc1. The van der Waals surface area contributed by atoms with Gasteiger partial charge >= 0.3 is 0 Å². The number of benzene rings is 2.